The average Bonchev–Trinajstić information content (AvgIpc) is 2.36. The predicted octanol–water partition coefficient (Wildman–Crippen LogP) is 5.56. The summed E-state index contributed by atoms with van der Waals surface area (Å²) >= 11 is 12.5. The van der Waals surface area contributed by atoms with E-state index in [-0.39, 0.29) is 10.9 Å². The van der Waals surface area contributed by atoms with Crippen LogP contribution in [0.15, 0.2) is 39.3 Å². The van der Waals surface area contributed by atoms with Crippen molar-refractivity contribution >= 4 is 55.1 Å². The van der Waals surface area contributed by atoms with E-state index in [1.54, 1.807) is 12.1 Å². The van der Waals surface area contributed by atoms with E-state index in [1.165, 1.54) is 6.07 Å². The lowest BCUT2D eigenvalue weighted by Crippen LogP contribution is -2.14. The molecule has 2 rings (SSSR count). The molecule has 1 amide bonds. The number of benzene rings is 2. The Morgan fingerprint density at radius 1 is 1.25 bits per heavy atom. The second kappa shape index (κ2) is 6.24. The first-order valence-electron chi connectivity index (χ1n) is 5.61. The van der Waals surface area contributed by atoms with Crippen molar-refractivity contribution in [2.45, 2.75) is 6.92 Å². The molecule has 0 saturated carbocycles. The Morgan fingerprint density at radius 3 is 2.60 bits per heavy atom. The first kappa shape index (κ1) is 15.5. The number of halogens is 4. The molecule has 0 radical (unpaired) electrons. The van der Waals surface area contributed by atoms with Crippen molar-refractivity contribution in [1.82, 2.24) is 0 Å². The Bertz CT molecular complexity index is 668. The largest absolute Gasteiger partial charge is 0.320 e. The number of nitrogens with one attached hydrogen (secondary N) is 1. The van der Waals surface area contributed by atoms with E-state index in [0.29, 0.717) is 15.7 Å². The molecule has 1 N–H and O–H groups in total. The molecule has 0 spiro atoms. The van der Waals surface area contributed by atoms with E-state index in [0.717, 1.165) is 16.1 Å². The maximum atomic E-state index is 13.2. The highest BCUT2D eigenvalue weighted by Gasteiger charge is 2.15. The lowest BCUT2D eigenvalue weighted by molar-refractivity contribution is 0.102. The fourth-order valence-electron chi connectivity index (χ4n) is 1.70. The summed E-state index contributed by atoms with van der Waals surface area (Å²) in [5.74, 6) is -0.781. The van der Waals surface area contributed by atoms with Crippen molar-refractivity contribution in [3.8, 4) is 0 Å². The van der Waals surface area contributed by atoms with Crippen molar-refractivity contribution in [2.24, 2.45) is 0 Å². The molecule has 0 bridgehead atoms. The van der Waals surface area contributed by atoms with Crippen LogP contribution in [0.1, 0.15) is 15.9 Å². The van der Waals surface area contributed by atoms with Crippen LogP contribution in [0.2, 0.25) is 5.02 Å². The third-order valence-corrected chi connectivity index (χ3v) is 4.54. The molecule has 0 aromatic heterocycles. The van der Waals surface area contributed by atoms with Crippen molar-refractivity contribution < 1.29 is 9.18 Å². The van der Waals surface area contributed by atoms with E-state index in [9.17, 15) is 9.18 Å². The van der Waals surface area contributed by atoms with E-state index in [4.69, 9.17) is 11.6 Å². The molecule has 0 heterocycles. The van der Waals surface area contributed by atoms with Gasteiger partial charge in [-0.2, -0.15) is 0 Å². The lowest BCUT2D eigenvalue weighted by atomic mass is 10.1. The maximum Gasteiger partial charge on any atom is 0.256 e. The molecule has 0 aliphatic rings. The number of carbonyl (C=O) groups is 1. The van der Waals surface area contributed by atoms with Crippen LogP contribution in [-0.2, 0) is 0 Å². The Morgan fingerprint density at radius 2 is 1.95 bits per heavy atom. The Balaban J connectivity index is 2.36. The number of hydrogen-bond donors (Lipinski definition) is 1. The molecule has 6 heteroatoms. The van der Waals surface area contributed by atoms with Gasteiger partial charge in [0.05, 0.1) is 10.7 Å². The molecule has 0 fully saturated rings. The van der Waals surface area contributed by atoms with Crippen LogP contribution in [0.4, 0.5) is 10.1 Å². The molecular formula is C14H9Br2ClFNO. The van der Waals surface area contributed by atoms with Gasteiger partial charge in [-0.1, -0.05) is 33.6 Å². The Hall–Kier alpha value is -0.910. The van der Waals surface area contributed by atoms with Gasteiger partial charge >= 0.3 is 0 Å². The topological polar surface area (TPSA) is 29.1 Å². The molecule has 2 aromatic rings. The first-order chi connectivity index (χ1) is 9.40. The van der Waals surface area contributed by atoms with Crippen LogP contribution in [0.5, 0.6) is 0 Å². The van der Waals surface area contributed by atoms with Crippen LogP contribution in [0.3, 0.4) is 0 Å². The zero-order valence-corrected chi connectivity index (χ0v) is 14.2. The van der Waals surface area contributed by atoms with Gasteiger partial charge in [0.1, 0.15) is 5.82 Å². The van der Waals surface area contributed by atoms with Gasteiger partial charge in [-0.05, 0) is 52.7 Å². The number of carbonyl (C=O) groups excluding carboxylic acids is 1. The number of rotatable bonds is 2. The first-order valence-corrected chi connectivity index (χ1v) is 7.57. The van der Waals surface area contributed by atoms with E-state index in [2.05, 4.69) is 37.2 Å². The highest BCUT2D eigenvalue weighted by atomic mass is 79.9. The third kappa shape index (κ3) is 3.22. The second-order valence-corrected chi connectivity index (χ2v) is 6.23. The van der Waals surface area contributed by atoms with Gasteiger partial charge in [-0.25, -0.2) is 4.39 Å². The van der Waals surface area contributed by atoms with Crippen LogP contribution >= 0.6 is 43.5 Å². The summed E-state index contributed by atoms with van der Waals surface area (Å²) in [4.78, 5) is 12.3. The standard InChI is InChI=1S/C14H9Br2ClFNO/c1-7-9(3-2-4-10(7)15)14(20)19-13-11(16)5-8(18)6-12(13)17/h2-6H,1H3,(H,19,20). The number of amides is 1. The molecule has 0 aliphatic carbocycles. The zero-order chi connectivity index (χ0) is 14.9. The monoisotopic (exact) mass is 419 g/mol. The smallest absolute Gasteiger partial charge is 0.256 e. The molecule has 0 atom stereocenters. The van der Waals surface area contributed by atoms with Gasteiger partial charge in [-0.15, -0.1) is 0 Å². The zero-order valence-electron chi connectivity index (χ0n) is 10.3. The van der Waals surface area contributed by atoms with Gasteiger partial charge in [0.25, 0.3) is 5.91 Å². The van der Waals surface area contributed by atoms with Crippen molar-refractivity contribution in [3.63, 3.8) is 0 Å². The molecule has 2 aromatic carbocycles. The molecule has 20 heavy (non-hydrogen) atoms. The summed E-state index contributed by atoms with van der Waals surface area (Å²) in [6.45, 7) is 1.83. The molecular weight excluding hydrogens is 412 g/mol. The molecule has 0 saturated heterocycles. The summed E-state index contributed by atoms with van der Waals surface area (Å²) in [6.07, 6.45) is 0. The van der Waals surface area contributed by atoms with Crippen molar-refractivity contribution in [1.29, 1.82) is 0 Å². The van der Waals surface area contributed by atoms with Crippen LogP contribution in [-0.4, -0.2) is 5.91 Å². The number of anilines is 1. The summed E-state index contributed by atoms with van der Waals surface area (Å²) in [5, 5.41) is 2.82. The third-order valence-electron chi connectivity index (χ3n) is 2.76. The quantitative estimate of drug-likeness (QED) is 0.675. The highest BCUT2D eigenvalue weighted by molar-refractivity contribution is 9.11. The van der Waals surface area contributed by atoms with E-state index >= 15 is 0 Å². The summed E-state index contributed by atoms with van der Waals surface area (Å²) in [5.41, 5.74) is 1.68. The predicted molar refractivity (Wildman–Crippen MR) is 85.9 cm³/mol. The van der Waals surface area contributed by atoms with Crippen LogP contribution in [0, 0.1) is 12.7 Å². The van der Waals surface area contributed by atoms with Gasteiger partial charge in [0, 0.05) is 14.5 Å². The summed E-state index contributed by atoms with van der Waals surface area (Å²) in [6, 6.07) is 7.73. The minimum absolute atomic E-state index is 0.137. The van der Waals surface area contributed by atoms with Gasteiger partial charge in [0.2, 0.25) is 0 Å². The normalized spacial score (nSPS) is 10.4. The maximum absolute atomic E-state index is 13.2. The molecule has 0 unspecified atom stereocenters. The van der Waals surface area contributed by atoms with E-state index in [1.807, 2.05) is 13.0 Å². The molecule has 2 nitrogen and oxygen atoms in total. The molecule has 104 valence electrons. The summed E-state index contributed by atoms with van der Waals surface area (Å²) in [7, 11) is 0. The van der Waals surface area contributed by atoms with Crippen LogP contribution in [0.25, 0.3) is 0 Å². The average molecular weight is 421 g/mol. The fourth-order valence-corrected chi connectivity index (χ4v) is 2.96. The number of hydrogen-bond acceptors (Lipinski definition) is 1. The van der Waals surface area contributed by atoms with E-state index < -0.39 is 5.82 Å². The Kier molecular flexibility index (Phi) is 4.83. The minimum atomic E-state index is -0.474. The van der Waals surface area contributed by atoms with Gasteiger partial charge < -0.3 is 5.32 Å². The summed E-state index contributed by atoms with van der Waals surface area (Å²) < 4.78 is 14.4. The minimum Gasteiger partial charge on any atom is -0.320 e. The fraction of sp³-hybridized carbons (Fsp3) is 0.0714. The van der Waals surface area contributed by atoms with Crippen LogP contribution < -0.4 is 5.32 Å². The lowest BCUT2D eigenvalue weighted by Gasteiger charge is -2.11. The second-order valence-electron chi connectivity index (χ2n) is 4.11. The highest BCUT2D eigenvalue weighted by Crippen LogP contribution is 2.32. The van der Waals surface area contributed by atoms with Crippen molar-refractivity contribution in [3.05, 3.63) is 61.2 Å². The molecule has 0 aliphatic heterocycles. The van der Waals surface area contributed by atoms with Gasteiger partial charge in [0.15, 0.2) is 0 Å². The van der Waals surface area contributed by atoms with Gasteiger partial charge in [-0.3, -0.25) is 4.79 Å². The van der Waals surface area contributed by atoms with Crippen molar-refractivity contribution in [2.75, 3.05) is 5.32 Å². The SMILES string of the molecule is Cc1c(Br)cccc1C(=O)Nc1c(Cl)cc(F)cc1Br. The Labute approximate surface area is 137 Å².